The number of hydrogen-bond donors (Lipinski definition) is 1. The highest BCUT2D eigenvalue weighted by Crippen LogP contribution is 2.41. The number of fused-ring (bicyclic) bond motifs is 4. The number of amides is 1. The van der Waals surface area contributed by atoms with Crippen molar-refractivity contribution in [3.8, 4) is 0 Å². The van der Waals surface area contributed by atoms with E-state index in [2.05, 4.69) is 15.3 Å². The van der Waals surface area contributed by atoms with Crippen LogP contribution in [-0.2, 0) is 35.2 Å². The predicted octanol–water partition coefficient (Wildman–Crippen LogP) is 5.03. The number of hydrogen-bond acceptors (Lipinski definition) is 8. The SMILES string of the molecule is CCOC(=O)c1c(NC(=O)CSc2ncnc3sc4c(c23)CCC4)sc2c1CCCC2. The van der Waals surface area contributed by atoms with Gasteiger partial charge < -0.3 is 10.1 Å². The van der Waals surface area contributed by atoms with Crippen molar-refractivity contribution in [2.45, 2.75) is 56.9 Å². The van der Waals surface area contributed by atoms with Gasteiger partial charge in [-0.2, -0.15) is 0 Å². The number of rotatable bonds is 6. The average molecular weight is 474 g/mol. The number of aromatic nitrogens is 2. The molecule has 162 valence electrons. The monoisotopic (exact) mass is 473 g/mol. The highest BCUT2D eigenvalue weighted by Gasteiger charge is 2.27. The highest BCUT2D eigenvalue weighted by molar-refractivity contribution is 8.00. The largest absolute Gasteiger partial charge is 0.462 e. The van der Waals surface area contributed by atoms with Crippen molar-refractivity contribution >= 4 is 61.5 Å². The summed E-state index contributed by atoms with van der Waals surface area (Å²) in [5.41, 5.74) is 2.98. The molecular weight excluding hydrogens is 450 g/mol. The van der Waals surface area contributed by atoms with Crippen LogP contribution in [0.5, 0.6) is 0 Å². The van der Waals surface area contributed by atoms with Crippen LogP contribution in [0.4, 0.5) is 5.00 Å². The van der Waals surface area contributed by atoms with Crippen molar-refractivity contribution < 1.29 is 14.3 Å². The molecule has 0 atom stereocenters. The maximum absolute atomic E-state index is 12.8. The molecule has 0 saturated heterocycles. The number of anilines is 1. The third kappa shape index (κ3) is 3.99. The first-order valence-corrected chi connectivity index (χ1v) is 13.3. The van der Waals surface area contributed by atoms with Gasteiger partial charge in [0.05, 0.1) is 17.9 Å². The lowest BCUT2D eigenvalue weighted by atomic mass is 9.95. The van der Waals surface area contributed by atoms with Gasteiger partial charge in [0, 0.05) is 15.1 Å². The summed E-state index contributed by atoms with van der Waals surface area (Å²) in [6, 6.07) is 0. The van der Waals surface area contributed by atoms with Crippen LogP contribution in [0, 0.1) is 0 Å². The number of thioether (sulfide) groups is 1. The summed E-state index contributed by atoms with van der Waals surface area (Å²) in [6.45, 7) is 2.12. The molecule has 1 N–H and O–H groups in total. The lowest BCUT2D eigenvalue weighted by molar-refractivity contribution is -0.113. The van der Waals surface area contributed by atoms with Crippen LogP contribution in [0.15, 0.2) is 11.4 Å². The van der Waals surface area contributed by atoms with Crippen LogP contribution in [0.1, 0.15) is 57.4 Å². The Morgan fingerprint density at radius 3 is 2.71 bits per heavy atom. The summed E-state index contributed by atoms with van der Waals surface area (Å²) in [4.78, 5) is 37.9. The molecule has 6 nitrogen and oxygen atoms in total. The lowest BCUT2D eigenvalue weighted by Gasteiger charge is -2.12. The Kier molecular flexibility index (Phi) is 5.99. The van der Waals surface area contributed by atoms with Gasteiger partial charge in [-0.3, -0.25) is 4.79 Å². The van der Waals surface area contributed by atoms with Crippen molar-refractivity contribution in [1.82, 2.24) is 9.97 Å². The molecule has 9 heteroatoms. The van der Waals surface area contributed by atoms with E-state index in [4.69, 9.17) is 4.74 Å². The zero-order valence-electron chi connectivity index (χ0n) is 17.3. The molecule has 5 rings (SSSR count). The third-order valence-electron chi connectivity index (χ3n) is 5.71. The molecule has 0 saturated carbocycles. The molecule has 0 unspecified atom stereocenters. The summed E-state index contributed by atoms with van der Waals surface area (Å²) in [7, 11) is 0. The summed E-state index contributed by atoms with van der Waals surface area (Å²) < 4.78 is 5.28. The van der Waals surface area contributed by atoms with Crippen LogP contribution in [0.3, 0.4) is 0 Å². The maximum atomic E-state index is 12.8. The van der Waals surface area contributed by atoms with Gasteiger partial charge in [0.2, 0.25) is 5.91 Å². The molecule has 0 aromatic carbocycles. The second-order valence-electron chi connectivity index (χ2n) is 7.69. The molecule has 0 spiro atoms. The van der Waals surface area contributed by atoms with E-state index in [1.807, 2.05) is 0 Å². The van der Waals surface area contributed by atoms with Crippen LogP contribution in [0.2, 0.25) is 0 Å². The van der Waals surface area contributed by atoms with E-state index in [1.54, 1.807) is 24.6 Å². The number of ether oxygens (including phenoxy) is 1. The minimum atomic E-state index is -0.337. The fraction of sp³-hybridized carbons (Fsp3) is 0.455. The number of thiophene rings is 2. The standard InChI is InChI=1S/C22H23N3O3S3/c1-2-28-22(27)18-13-6-3-4-8-14(13)31-21(18)25-16(26)10-29-19-17-12-7-5-9-15(12)30-20(17)24-11-23-19/h11H,2-10H2,1H3,(H,25,26). The molecule has 3 heterocycles. The van der Waals surface area contributed by atoms with E-state index in [9.17, 15) is 9.59 Å². The van der Waals surface area contributed by atoms with Crippen molar-refractivity contribution in [2.75, 3.05) is 17.7 Å². The van der Waals surface area contributed by atoms with Crippen LogP contribution in [-0.4, -0.2) is 34.2 Å². The Balaban J connectivity index is 1.34. The molecule has 3 aromatic heterocycles. The van der Waals surface area contributed by atoms with Gasteiger partial charge in [0.15, 0.2) is 0 Å². The van der Waals surface area contributed by atoms with Gasteiger partial charge in [0.25, 0.3) is 0 Å². The smallest absolute Gasteiger partial charge is 0.341 e. The number of nitrogens with zero attached hydrogens (tertiary/aromatic N) is 2. The Morgan fingerprint density at radius 1 is 1.06 bits per heavy atom. The summed E-state index contributed by atoms with van der Waals surface area (Å²) >= 11 is 4.71. The molecular formula is C22H23N3O3S3. The van der Waals surface area contributed by atoms with Crippen molar-refractivity contribution in [1.29, 1.82) is 0 Å². The Bertz CT molecular complexity index is 1170. The first-order chi connectivity index (χ1) is 15.2. The van der Waals surface area contributed by atoms with E-state index in [0.29, 0.717) is 17.2 Å². The van der Waals surface area contributed by atoms with E-state index >= 15 is 0 Å². The predicted molar refractivity (Wildman–Crippen MR) is 126 cm³/mol. The topological polar surface area (TPSA) is 81.2 Å². The number of aryl methyl sites for hydroxylation is 3. The molecule has 31 heavy (non-hydrogen) atoms. The minimum Gasteiger partial charge on any atom is -0.462 e. The van der Waals surface area contributed by atoms with Crippen molar-refractivity contribution in [3.63, 3.8) is 0 Å². The van der Waals surface area contributed by atoms with Gasteiger partial charge in [-0.1, -0.05) is 11.8 Å². The van der Waals surface area contributed by atoms with E-state index in [1.165, 1.54) is 44.8 Å². The average Bonchev–Trinajstić information content (AvgIpc) is 3.44. The zero-order valence-corrected chi connectivity index (χ0v) is 19.7. The number of esters is 1. The van der Waals surface area contributed by atoms with Crippen LogP contribution >= 0.6 is 34.4 Å². The number of carbonyl (C=O) groups is 2. The molecule has 0 bridgehead atoms. The normalized spacial score (nSPS) is 15.0. The van der Waals surface area contributed by atoms with Gasteiger partial charge >= 0.3 is 5.97 Å². The first kappa shape index (κ1) is 20.9. The second kappa shape index (κ2) is 8.88. The maximum Gasteiger partial charge on any atom is 0.341 e. The fourth-order valence-corrected chi connectivity index (χ4v) is 7.79. The van der Waals surface area contributed by atoms with Gasteiger partial charge in [0.1, 0.15) is 21.2 Å². The summed E-state index contributed by atoms with van der Waals surface area (Å²) in [6.07, 6.45) is 8.94. The lowest BCUT2D eigenvalue weighted by Crippen LogP contribution is -2.17. The molecule has 1 amide bonds. The van der Waals surface area contributed by atoms with Gasteiger partial charge in [-0.25, -0.2) is 14.8 Å². The molecule has 0 fully saturated rings. The molecule has 3 aromatic rings. The molecule has 0 aliphatic heterocycles. The van der Waals surface area contributed by atoms with E-state index < -0.39 is 0 Å². The Hall–Kier alpha value is -1.97. The summed E-state index contributed by atoms with van der Waals surface area (Å²) in [5.74, 6) is -0.231. The minimum absolute atomic E-state index is 0.132. The highest BCUT2D eigenvalue weighted by atomic mass is 32.2. The quantitative estimate of drug-likeness (QED) is 0.307. The molecule has 2 aliphatic rings. The van der Waals surface area contributed by atoms with Crippen LogP contribution < -0.4 is 5.32 Å². The molecule has 2 aliphatic carbocycles. The first-order valence-electron chi connectivity index (χ1n) is 10.6. The second-order valence-corrected chi connectivity index (χ2v) is 10.8. The Labute approximate surface area is 192 Å². The van der Waals surface area contributed by atoms with Gasteiger partial charge in [-0.15, -0.1) is 22.7 Å². The third-order valence-corrected chi connectivity index (χ3v) is 9.11. The fourth-order valence-electron chi connectivity index (χ4n) is 4.38. The van der Waals surface area contributed by atoms with Crippen LogP contribution in [0.25, 0.3) is 10.2 Å². The van der Waals surface area contributed by atoms with Gasteiger partial charge in [-0.05, 0) is 63.0 Å². The Morgan fingerprint density at radius 2 is 1.84 bits per heavy atom. The molecule has 0 radical (unpaired) electrons. The van der Waals surface area contributed by atoms with E-state index in [0.717, 1.165) is 59.3 Å². The zero-order chi connectivity index (χ0) is 21.4. The number of nitrogens with one attached hydrogen (secondary N) is 1. The van der Waals surface area contributed by atoms with E-state index in [-0.39, 0.29) is 17.6 Å². The summed E-state index contributed by atoms with van der Waals surface area (Å²) in [5, 5.41) is 5.61. The van der Waals surface area contributed by atoms with Crippen molar-refractivity contribution in [3.05, 3.63) is 32.8 Å². The van der Waals surface area contributed by atoms with Crippen molar-refractivity contribution in [2.24, 2.45) is 0 Å². The number of carbonyl (C=O) groups excluding carboxylic acids is 2.